The molecule has 4 amide bonds. The number of nitrogens with zero attached hydrogens (tertiary/aromatic N) is 1. The fourth-order valence-corrected chi connectivity index (χ4v) is 4.05. The lowest BCUT2D eigenvalue weighted by Crippen LogP contribution is -2.54. The largest absolute Gasteiger partial charge is 0.494 e. The van der Waals surface area contributed by atoms with Gasteiger partial charge in [0.25, 0.3) is 11.8 Å². The van der Waals surface area contributed by atoms with Crippen molar-refractivity contribution in [3.8, 4) is 11.5 Å². The van der Waals surface area contributed by atoms with Crippen molar-refractivity contribution < 1.29 is 23.9 Å². The van der Waals surface area contributed by atoms with Crippen LogP contribution in [0.4, 0.5) is 10.5 Å². The van der Waals surface area contributed by atoms with Crippen LogP contribution in [0.5, 0.6) is 11.5 Å². The van der Waals surface area contributed by atoms with Crippen LogP contribution in [0.25, 0.3) is 6.08 Å². The Morgan fingerprint density at radius 2 is 1.57 bits per heavy atom. The highest BCUT2D eigenvalue weighted by Gasteiger charge is 2.37. The van der Waals surface area contributed by atoms with Gasteiger partial charge < -0.3 is 9.47 Å². The number of anilines is 1. The molecule has 1 N–H and O–H groups in total. The van der Waals surface area contributed by atoms with Crippen molar-refractivity contribution in [1.82, 2.24) is 5.32 Å². The second kappa shape index (κ2) is 10.9. The number of carbonyl (C=O) groups is 3. The summed E-state index contributed by atoms with van der Waals surface area (Å²) in [6.45, 7) is 2.64. The number of nitrogens with one attached hydrogen (secondary N) is 1. The van der Waals surface area contributed by atoms with Crippen molar-refractivity contribution in [2.75, 3.05) is 11.5 Å². The zero-order valence-corrected chi connectivity index (χ0v) is 21.8. The maximum absolute atomic E-state index is 13.3. The van der Waals surface area contributed by atoms with Crippen LogP contribution in [0.3, 0.4) is 0 Å². The molecule has 0 aromatic heterocycles. The average molecular weight is 600 g/mol. The van der Waals surface area contributed by atoms with Crippen molar-refractivity contribution in [1.29, 1.82) is 0 Å². The lowest BCUT2D eigenvalue weighted by Gasteiger charge is -2.26. The van der Waals surface area contributed by atoms with E-state index >= 15 is 0 Å². The zero-order valence-electron chi connectivity index (χ0n) is 18.6. The molecular formula is C26H20Br2N2O5. The Bertz CT molecular complexity index is 1300. The topological polar surface area (TPSA) is 84.9 Å². The summed E-state index contributed by atoms with van der Waals surface area (Å²) in [4.78, 5) is 39.3. The minimum Gasteiger partial charge on any atom is -0.494 e. The first-order valence-corrected chi connectivity index (χ1v) is 12.3. The van der Waals surface area contributed by atoms with E-state index in [1.165, 1.54) is 6.08 Å². The van der Waals surface area contributed by atoms with E-state index in [4.69, 9.17) is 9.47 Å². The van der Waals surface area contributed by atoms with Crippen LogP contribution in [-0.4, -0.2) is 24.5 Å². The van der Waals surface area contributed by atoms with Gasteiger partial charge in [0, 0.05) is 14.5 Å². The van der Waals surface area contributed by atoms with Crippen molar-refractivity contribution in [2.45, 2.75) is 13.5 Å². The number of benzene rings is 3. The Balaban J connectivity index is 1.63. The van der Waals surface area contributed by atoms with Gasteiger partial charge in [0.05, 0.1) is 12.3 Å². The molecule has 35 heavy (non-hydrogen) atoms. The summed E-state index contributed by atoms with van der Waals surface area (Å²) < 4.78 is 13.1. The van der Waals surface area contributed by atoms with E-state index < -0.39 is 17.8 Å². The van der Waals surface area contributed by atoms with E-state index in [1.807, 2.05) is 31.2 Å². The molecule has 0 unspecified atom stereocenters. The predicted molar refractivity (Wildman–Crippen MR) is 139 cm³/mol. The number of urea groups is 1. The summed E-state index contributed by atoms with van der Waals surface area (Å²) in [5, 5.41) is 2.24. The minimum absolute atomic E-state index is 0.190. The molecule has 0 spiro atoms. The third-order valence-corrected chi connectivity index (χ3v) is 6.11. The molecule has 3 aromatic rings. The third-order valence-electron chi connectivity index (χ3n) is 5.09. The zero-order chi connectivity index (χ0) is 24.9. The van der Waals surface area contributed by atoms with Crippen LogP contribution in [0.1, 0.15) is 18.1 Å². The Morgan fingerprint density at radius 1 is 0.886 bits per heavy atom. The van der Waals surface area contributed by atoms with Crippen LogP contribution >= 0.6 is 31.9 Å². The fraction of sp³-hybridized carbons (Fsp3) is 0.115. The van der Waals surface area contributed by atoms with Gasteiger partial charge in [0.15, 0.2) is 0 Å². The van der Waals surface area contributed by atoms with Gasteiger partial charge in [-0.05, 0) is 73.2 Å². The van der Waals surface area contributed by atoms with Crippen LogP contribution in [0.2, 0.25) is 0 Å². The quantitative estimate of drug-likeness (QED) is 0.272. The van der Waals surface area contributed by atoms with Crippen LogP contribution in [0, 0.1) is 0 Å². The van der Waals surface area contributed by atoms with E-state index in [9.17, 15) is 14.4 Å². The molecule has 0 saturated carbocycles. The summed E-state index contributed by atoms with van der Waals surface area (Å²) in [7, 11) is 0. The Morgan fingerprint density at radius 3 is 2.26 bits per heavy atom. The Kier molecular flexibility index (Phi) is 7.67. The van der Waals surface area contributed by atoms with Gasteiger partial charge in [0.1, 0.15) is 23.7 Å². The molecule has 1 aliphatic heterocycles. The molecule has 3 aromatic carbocycles. The van der Waals surface area contributed by atoms with Gasteiger partial charge in [-0.25, -0.2) is 9.69 Å². The van der Waals surface area contributed by atoms with E-state index in [2.05, 4.69) is 37.2 Å². The molecule has 1 saturated heterocycles. The maximum Gasteiger partial charge on any atom is 0.335 e. The predicted octanol–water partition coefficient (Wildman–Crippen LogP) is 5.86. The SMILES string of the molecule is CCOc1ccc(N2C(=O)NC(=O)/C(=C\c3cc(Br)ccc3OCc3ccc(Br)cc3)C2=O)cc1. The third kappa shape index (κ3) is 5.80. The summed E-state index contributed by atoms with van der Waals surface area (Å²) in [6, 6.07) is 18.6. The summed E-state index contributed by atoms with van der Waals surface area (Å²) >= 11 is 6.83. The normalized spacial score (nSPS) is 14.8. The lowest BCUT2D eigenvalue weighted by molar-refractivity contribution is -0.122. The smallest absolute Gasteiger partial charge is 0.335 e. The lowest BCUT2D eigenvalue weighted by atomic mass is 10.1. The number of imide groups is 2. The van der Waals surface area contributed by atoms with Crippen molar-refractivity contribution >= 4 is 61.5 Å². The van der Waals surface area contributed by atoms with Gasteiger partial charge in [-0.1, -0.05) is 44.0 Å². The second-order valence-corrected chi connectivity index (χ2v) is 9.31. The molecule has 7 nitrogen and oxygen atoms in total. The first kappa shape index (κ1) is 24.7. The molecule has 0 atom stereocenters. The average Bonchev–Trinajstić information content (AvgIpc) is 2.83. The molecule has 1 aliphatic rings. The van der Waals surface area contributed by atoms with Crippen LogP contribution in [-0.2, 0) is 16.2 Å². The number of ether oxygens (including phenoxy) is 2. The van der Waals surface area contributed by atoms with E-state index in [-0.39, 0.29) is 5.57 Å². The number of halogens is 2. The van der Waals surface area contributed by atoms with Crippen molar-refractivity contribution in [2.24, 2.45) is 0 Å². The number of hydrogen-bond donors (Lipinski definition) is 1. The van der Waals surface area contributed by atoms with Crippen molar-refractivity contribution in [3.05, 3.63) is 92.4 Å². The number of carbonyl (C=O) groups excluding carboxylic acids is 3. The summed E-state index contributed by atoms with van der Waals surface area (Å²) in [6.07, 6.45) is 1.42. The molecule has 1 fully saturated rings. The fourth-order valence-electron chi connectivity index (χ4n) is 3.41. The molecule has 0 radical (unpaired) electrons. The van der Waals surface area contributed by atoms with Gasteiger partial charge in [0.2, 0.25) is 0 Å². The number of hydrogen-bond acceptors (Lipinski definition) is 5. The number of amides is 4. The molecule has 9 heteroatoms. The second-order valence-electron chi connectivity index (χ2n) is 7.48. The van der Waals surface area contributed by atoms with Gasteiger partial charge in [-0.2, -0.15) is 0 Å². The van der Waals surface area contributed by atoms with E-state index in [0.29, 0.717) is 36.0 Å². The summed E-state index contributed by atoms with van der Waals surface area (Å²) in [5.74, 6) is -0.425. The molecule has 1 heterocycles. The molecular weight excluding hydrogens is 580 g/mol. The van der Waals surface area contributed by atoms with Crippen LogP contribution < -0.4 is 19.7 Å². The van der Waals surface area contributed by atoms with Gasteiger partial charge >= 0.3 is 6.03 Å². The highest BCUT2D eigenvalue weighted by molar-refractivity contribution is 9.10. The first-order chi connectivity index (χ1) is 16.9. The van der Waals surface area contributed by atoms with Gasteiger partial charge in [-0.3, -0.25) is 14.9 Å². The Hall–Kier alpha value is -3.43. The molecule has 0 aliphatic carbocycles. The monoisotopic (exact) mass is 598 g/mol. The van der Waals surface area contributed by atoms with Gasteiger partial charge in [-0.15, -0.1) is 0 Å². The molecule has 178 valence electrons. The highest BCUT2D eigenvalue weighted by Crippen LogP contribution is 2.29. The van der Waals surface area contributed by atoms with Crippen molar-refractivity contribution in [3.63, 3.8) is 0 Å². The number of rotatable bonds is 7. The minimum atomic E-state index is -0.817. The van der Waals surface area contributed by atoms with E-state index in [1.54, 1.807) is 42.5 Å². The standard InChI is InChI=1S/C26H20Br2N2O5/c1-2-34-21-10-8-20(9-11-21)30-25(32)22(24(31)29-26(30)33)14-17-13-19(28)7-12-23(17)35-15-16-3-5-18(27)6-4-16/h3-14H,2,15H2,1H3,(H,29,31,33)/b22-14+. The number of barbiturate groups is 1. The molecule has 0 bridgehead atoms. The maximum atomic E-state index is 13.3. The van der Waals surface area contributed by atoms with E-state index in [0.717, 1.165) is 19.4 Å². The first-order valence-electron chi connectivity index (χ1n) is 10.7. The summed E-state index contributed by atoms with van der Waals surface area (Å²) in [5.41, 5.74) is 1.59. The highest BCUT2D eigenvalue weighted by atomic mass is 79.9. The Labute approximate surface area is 219 Å². The molecule has 4 rings (SSSR count). The van der Waals surface area contributed by atoms with Crippen LogP contribution in [0.15, 0.2) is 81.2 Å².